The predicted molar refractivity (Wildman–Crippen MR) is 124 cm³/mol. The standard InChI is InChI=1S/C24H29N3O2S/c1-16(2)9-10-19(5)26-22(20-11-13-21(14-12-20)27(28)29)15-30-24(26)25-23-17(3)7-6-8-18(23)4/h6-8,11-16,19H,9-10H2,1-5H3. The molecule has 6 heteroatoms. The fourth-order valence-electron chi connectivity index (χ4n) is 3.57. The third-order valence-electron chi connectivity index (χ3n) is 5.36. The van der Waals surface area contributed by atoms with E-state index in [0.717, 1.165) is 45.7 Å². The number of para-hydroxylation sites is 1. The smallest absolute Gasteiger partial charge is 0.269 e. The Labute approximate surface area is 181 Å². The third kappa shape index (κ3) is 4.87. The maximum Gasteiger partial charge on any atom is 0.269 e. The molecule has 1 unspecified atom stereocenters. The van der Waals surface area contributed by atoms with Crippen LogP contribution in [0, 0.1) is 29.9 Å². The number of hydrogen-bond acceptors (Lipinski definition) is 4. The Morgan fingerprint density at radius 2 is 1.67 bits per heavy atom. The van der Waals surface area contributed by atoms with E-state index in [9.17, 15) is 10.1 Å². The number of aryl methyl sites for hydroxylation is 2. The molecule has 158 valence electrons. The number of rotatable bonds is 7. The van der Waals surface area contributed by atoms with Crippen LogP contribution in [0.4, 0.5) is 11.4 Å². The van der Waals surface area contributed by atoms with Gasteiger partial charge in [0.15, 0.2) is 4.80 Å². The summed E-state index contributed by atoms with van der Waals surface area (Å²) in [5, 5.41) is 13.1. The maximum atomic E-state index is 11.0. The highest BCUT2D eigenvalue weighted by molar-refractivity contribution is 7.07. The van der Waals surface area contributed by atoms with Crippen molar-refractivity contribution in [3.05, 3.63) is 73.9 Å². The monoisotopic (exact) mass is 423 g/mol. The second kappa shape index (κ2) is 9.39. The number of nitro groups is 1. The third-order valence-corrected chi connectivity index (χ3v) is 6.20. The van der Waals surface area contributed by atoms with Crippen LogP contribution in [0.3, 0.4) is 0 Å². The van der Waals surface area contributed by atoms with Crippen LogP contribution in [0.5, 0.6) is 0 Å². The lowest BCUT2D eigenvalue weighted by Crippen LogP contribution is -2.20. The van der Waals surface area contributed by atoms with Gasteiger partial charge in [-0.3, -0.25) is 10.1 Å². The highest BCUT2D eigenvalue weighted by atomic mass is 32.1. The Morgan fingerprint density at radius 3 is 2.23 bits per heavy atom. The van der Waals surface area contributed by atoms with Gasteiger partial charge in [-0.2, -0.15) is 0 Å². The zero-order valence-electron chi connectivity index (χ0n) is 18.3. The molecule has 2 aromatic carbocycles. The summed E-state index contributed by atoms with van der Waals surface area (Å²) in [6.45, 7) is 10.9. The molecular weight excluding hydrogens is 394 g/mol. The van der Waals surface area contributed by atoms with Gasteiger partial charge in [0.1, 0.15) is 0 Å². The number of hydrogen-bond donors (Lipinski definition) is 0. The van der Waals surface area contributed by atoms with E-state index in [-0.39, 0.29) is 16.7 Å². The topological polar surface area (TPSA) is 60.4 Å². The molecule has 0 N–H and O–H groups in total. The van der Waals surface area contributed by atoms with E-state index in [1.807, 2.05) is 12.1 Å². The number of benzene rings is 2. The Morgan fingerprint density at radius 1 is 1.03 bits per heavy atom. The molecule has 0 spiro atoms. The van der Waals surface area contributed by atoms with E-state index < -0.39 is 0 Å². The summed E-state index contributed by atoms with van der Waals surface area (Å²) in [6.07, 6.45) is 2.18. The lowest BCUT2D eigenvalue weighted by Gasteiger charge is -2.19. The fraction of sp³-hybridized carbons (Fsp3) is 0.375. The number of nitrogens with zero attached hydrogens (tertiary/aromatic N) is 3. The summed E-state index contributed by atoms with van der Waals surface area (Å²) in [5.41, 5.74) is 5.45. The van der Waals surface area contributed by atoms with Gasteiger partial charge < -0.3 is 4.57 Å². The van der Waals surface area contributed by atoms with E-state index in [0.29, 0.717) is 5.92 Å². The van der Waals surface area contributed by atoms with Gasteiger partial charge in [-0.1, -0.05) is 32.0 Å². The minimum absolute atomic E-state index is 0.105. The number of aromatic nitrogens is 1. The highest BCUT2D eigenvalue weighted by Crippen LogP contribution is 2.29. The molecule has 0 bridgehead atoms. The largest absolute Gasteiger partial charge is 0.314 e. The fourth-order valence-corrected chi connectivity index (χ4v) is 4.58. The molecule has 0 aliphatic heterocycles. The summed E-state index contributed by atoms with van der Waals surface area (Å²) in [5.74, 6) is 0.633. The van der Waals surface area contributed by atoms with E-state index in [1.165, 1.54) is 0 Å². The van der Waals surface area contributed by atoms with Crippen LogP contribution >= 0.6 is 11.3 Å². The van der Waals surface area contributed by atoms with Crippen LogP contribution in [0.25, 0.3) is 11.3 Å². The first-order valence-corrected chi connectivity index (χ1v) is 11.2. The Bertz CT molecular complexity index is 1070. The van der Waals surface area contributed by atoms with Crippen molar-refractivity contribution in [3.8, 4) is 11.3 Å². The Kier molecular flexibility index (Phi) is 6.87. The van der Waals surface area contributed by atoms with Crippen molar-refractivity contribution in [2.75, 3.05) is 0 Å². The molecular formula is C24H29N3O2S. The first kappa shape index (κ1) is 22.0. The zero-order chi connectivity index (χ0) is 21.8. The lowest BCUT2D eigenvalue weighted by atomic mass is 10.0. The van der Waals surface area contributed by atoms with Crippen molar-refractivity contribution < 1.29 is 4.92 Å². The first-order chi connectivity index (χ1) is 14.3. The SMILES string of the molecule is Cc1cccc(C)c1N=c1scc(-c2ccc([N+](=O)[O-])cc2)n1C(C)CCC(C)C. The minimum Gasteiger partial charge on any atom is -0.314 e. The number of non-ortho nitro benzene ring substituents is 1. The van der Waals surface area contributed by atoms with E-state index in [2.05, 4.69) is 62.8 Å². The second-order valence-electron chi connectivity index (χ2n) is 8.25. The molecule has 0 aliphatic carbocycles. The molecule has 3 aromatic rings. The van der Waals surface area contributed by atoms with Crippen LogP contribution < -0.4 is 4.80 Å². The van der Waals surface area contributed by atoms with Crippen molar-refractivity contribution in [1.29, 1.82) is 0 Å². The summed E-state index contributed by atoms with van der Waals surface area (Å²) < 4.78 is 2.29. The van der Waals surface area contributed by atoms with Gasteiger partial charge in [0, 0.05) is 23.6 Å². The van der Waals surface area contributed by atoms with Crippen molar-refractivity contribution >= 4 is 22.7 Å². The highest BCUT2D eigenvalue weighted by Gasteiger charge is 2.16. The Balaban J connectivity index is 2.14. The van der Waals surface area contributed by atoms with Crippen LogP contribution in [0.15, 0.2) is 52.8 Å². The summed E-state index contributed by atoms with van der Waals surface area (Å²) in [6, 6.07) is 13.3. The molecule has 0 radical (unpaired) electrons. The van der Waals surface area contributed by atoms with Gasteiger partial charge in [-0.25, -0.2) is 4.99 Å². The van der Waals surface area contributed by atoms with Gasteiger partial charge in [0.2, 0.25) is 0 Å². The van der Waals surface area contributed by atoms with Gasteiger partial charge in [0.25, 0.3) is 5.69 Å². The summed E-state index contributed by atoms with van der Waals surface area (Å²) >= 11 is 1.62. The van der Waals surface area contributed by atoms with Crippen LogP contribution in [-0.2, 0) is 0 Å². The van der Waals surface area contributed by atoms with E-state index in [4.69, 9.17) is 4.99 Å². The zero-order valence-corrected chi connectivity index (χ0v) is 19.1. The van der Waals surface area contributed by atoms with Crippen molar-refractivity contribution in [1.82, 2.24) is 4.57 Å². The second-order valence-corrected chi connectivity index (χ2v) is 9.09. The lowest BCUT2D eigenvalue weighted by molar-refractivity contribution is -0.384. The molecule has 1 heterocycles. The minimum atomic E-state index is -0.363. The molecule has 1 aromatic heterocycles. The van der Waals surface area contributed by atoms with E-state index >= 15 is 0 Å². The molecule has 5 nitrogen and oxygen atoms in total. The first-order valence-electron chi connectivity index (χ1n) is 10.3. The van der Waals surface area contributed by atoms with Crippen LogP contribution in [-0.4, -0.2) is 9.49 Å². The molecule has 0 amide bonds. The van der Waals surface area contributed by atoms with Crippen LogP contribution in [0.1, 0.15) is 50.8 Å². The molecule has 30 heavy (non-hydrogen) atoms. The predicted octanol–water partition coefficient (Wildman–Crippen LogP) is 6.97. The number of thiazole rings is 1. The quantitative estimate of drug-likeness (QED) is 0.304. The number of nitro benzene ring substituents is 1. The van der Waals surface area contributed by atoms with Crippen LogP contribution in [0.2, 0.25) is 0 Å². The van der Waals surface area contributed by atoms with Gasteiger partial charge in [0.05, 0.1) is 16.3 Å². The molecule has 0 saturated heterocycles. The summed E-state index contributed by atoms with van der Waals surface area (Å²) in [4.78, 5) is 16.7. The molecule has 0 saturated carbocycles. The normalized spacial score (nSPS) is 13.1. The van der Waals surface area contributed by atoms with Gasteiger partial charge in [-0.05, 0) is 68.4 Å². The molecule has 1 atom stereocenters. The average molecular weight is 424 g/mol. The van der Waals surface area contributed by atoms with Gasteiger partial charge in [-0.15, -0.1) is 11.3 Å². The molecule has 0 aliphatic rings. The van der Waals surface area contributed by atoms with Crippen molar-refractivity contribution in [3.63, 3.8) is 0 Å². The van der Waals surface area contributed by atoms with Crippen molar-refractivity contribution in [2.24, 2.45) is 10.9 Å². The van der Waals surface area contributed by atoms with Gasteiger partial charge >= 0.3 is 0 Å². The Hall–Kier alpha value is -2.73. The van der Waals surface area contributed by atoms with Crippen molar-refractivity contribution in [2.45, 2.75) is 53.5 Å². The molecule has 0 fully saturated rings. The average Bonchev–Trinajstić information content (AvgIpc) is 3.12. The maximum absolute atomic E-state index is 11.0. The summed E-state index contributed by atoms with van der Waals surface area (Å²) in [7, 11) is 0. The van der Waals surface area contributed by atoms with E-state index in [1.54, 1.807) is 23.5 Å². The molecule has 3 rings (SSSR count).